The van der Waals surface area contributed by atoms with Crippen molar-refractivity contribution < 1.29 is 0 Å². The van der Waals surface area contributed by atoms with E-state index < -0.39 is 0 Å². The predicted molar refractivity (Wildman–Crippen MR) is 42.7 cm³/mol. The van der Waals surface area contributed by atoms with Crippen LogP contribution in [0.2, 0.25) is 0 Å². The van der Waals surface area contributed by atoms with Gasteiger partial charge < -0.3 is 4.90 Å². The Labute approximate surface area is 59.1 Å². The molecule has 0 saturated heterocycles. The van der Waals surface area contributed by atoms with Gasteiger partial charge in [-0.05, 0) is 34.2 Å². The van der Waals surface area contributed by atoms with Crippen LogP contribution >= 0.6 is 0 Å². The number of hydrogen-bond acceptors (Lipinski definition) is 1. The van der Waals surface area contributed by atoms with Crippen LogP contribution in [0.5, 0.6) is 0 Å². The lowest BCUT2D eigenvalue weighted by Crippen LogP contribution is -2.34. The van der Waals surface area contributed by atoms with Crippen LogP contribution in [-0.4, -0.2) is 24.0 Å². The molecular weight excluding hydrogens is 110 g/mol. The zero-order valence-electron chi connectivity index (χ0n) is 7.31. The number of nitrogens with zero attached hydrogens (tertiary/aromatic N) is 1. The molecule has 1 nitrogen and oxygen atoms in total. The molecule has 1 atom stereocenters. The van der Waals surface area contributed by atoms with E-state index in [1.165, 1.54) is 6.42 Å². The molecule has 0 spiro atoms. The molecule has 0 amide bonds. The second-order valence-corrected chi connectivity index (χ2v) is 3.02. The zero-order valence-corrected chi connectivity index (χ0v) is 7.31. The van der Waals surface area contributed by atoms with Crippen molar-refractivity contribution in [2.45, 2.75) is 46.2 Å². The first-order valence-electron chi connectivity index (χ1n) is 3.81. The molecule has 0 aliphatic rings. The zero-order chi connectivity index (χ0) is 7.44. The third-order valence-corrected chi connectivity index (χ3v) is 2.10. The van der Waals surface area contributed by atoms with Crippen LogP contribution in [0.4, 0.5) is 0 Å². The molecule has 0 aromatic rings. The largest absolute Gasteiger partial charge is 0.301 e. The Morgan fingerprint density at radius 3 is 1.78 bits per heavy atom. The van der Waals surface area contributed by atoms with E-state index in [0.717, 1.165) is 6.04 Å². The highest BCUT2D eigenvalue weighted by Crippen LogP contribution is 2.03. The molecule has 1 unspecified atom stereocenters. The van der Waals surface area contributed by atoms with Crippen molar-refractivity contribution in [2.75, 3.05) is 7.05 Å². The molecule has 0 aromatic heterocycles. The Hall–Kier alpha value is -0.0400. The minimum atomic E-state index is 0.681. The molecule has 0 bridgehead atoms. The van der Waals surface area contributed by atoms with Crippen molar-refractivity contribution in [1.82, 2.24) is 4.90 Å². The molecule has 0 aromatic carbocycles. The fourth-order valence-corrected chi connectivity index (χ4v) is 0.797. The molecular formula is C8H19N. The highest BCUT2D eigenvalue weighted by Gasteiger charge is 2.08. The van der Waals surface area contributed by atoms with Gasteiger partial charge in [-0.15, -0.1) is 0 Å². The van der Waals surface area contributed by atoms with Crippen molar-refractivity contribution in [3.8, 4) is 0 Å². The first-order chi connectivity index (χ1) is 4.09. The second kappa shape index (κ2) is 3.89. The molecule has 56 valence electrons. The normalized spacial score (nSPS) is 15.0. The summed E-state index contributed by atoms with van der Waals surface area (Å²) in [7, 11) is 2.18. The van der Waals surface area contributed by atoms with Crippen molar-refractivity contribution in [2.24, 2.45) is 0 Å². The maximum atomic E-state index is 2.39. The molecule has 0 fully saturated rings. The minimum absolute atomic E-state index is 0.681. The van der Waals surface area contributed by atoms with Crippen LogP contribution in [-0.2, 0) is 0 Å². The van der Waals surface area contributed by atoms with E-state index in [4.69, 9.17) is 0 Å². The standard InChI is InChI=1S/C8H19N/c1-6-8(4)9(5)7(2)3/h7-8H,6H2,1-5H3. The molecule has 0 aliphatic carbocycles. The number of hydrogen-bond donors (Lipinski definition) is 0. The van der Waals surface area contributed by atoms with Crippen molar-refractivity contribution in [3.05, 3.63) is 0 Å². The molecule has 0 aliphatic heterocycles. The van der Waals surface area contributed by atoms with Crippen LogP contribution < -0.4 is 0 Å². The Morgan fingerprint density at radius 1 is 1.22 bits per heavy atom. The van der Waals surface area contributed by atoms with Crippen LogP contribution in [0.3, 0.4) is 0 Å². The molecule has 0 rings (SSSR count). The van der Waals surface area contributed by atoms with E-state index in [2.05, 4.69) is 39.6 Å². The average molecular weight is 129 g/mol. The highest BCUT2D eigenvalue weighted by atomic mass is 15.1. The van der Waals surface area contributed by atoms with Gasteiger partial charge in [0.2, 0.25) is 0 Å². The average Bonchev–Trinajstić information content (AvgIpc) is 1.84. The second-order valence-electron chi connectivity index (χ2n) is 3.02. The van der Waals surface area contributed by atoms with Gasteiger partial charge in [-0.3, -0.25) is 0 Å². The summed E-state index contributed by atoms with van der Waals surface area (Å²) in [5.41, 5.74) is 0. The molecule has 0 radical (unpaired) electrons. The Morgan fingerprint density at radius 2 is 1.67 bits per heavy atom. The molecule has 0 heterocycles. The predicted octanol–water partition coefficient (Wildman–Crippen LogP) is 2.13. The summed E-state index contributed by atoms with van der Waals surface area (Å²) >= 11 is 0. The maximum Gasteiger partial charge on any atom is 0.00639 e. The topological polar surface area (TPSA) is 3.24 Å². The lowest BCUT2D eigenvalue weighted by molar-refractivity contribution is 0.204. The van der Waals surface area contributed by atoms with Crippen molar-refractivity contribution >= 4 is 0 Å². The van der Waals surface area contributed by atoms with Gasteiger partial charge in [0, 0.05) is 12.1 Å². The smallest absolute Gasteiger partial charge is 0.00639 e. The quantitative estimate of drug-likeness (QED) is 0.564. The summed E-state index contributed by atoms with van der Waals surface area (Å²) in [4.78, 5) is 2.39. The van der Waals surface area contributed by atoms with Crippen molar-refractivity contribution in [3.63, 3.8) is 0 Å². The van der Waals surface area contributed by atoms with E-state index >= 15 is 0 Å². The SMILES string of the molecule is CCC(C)N(C)C(C)C. The first kappa shape index (κ1) is 8.96. The van der Waals surface area contributed by atoms with Crippen LogP contribution in [0.25, 0.3) is 0 Å². The van der Waals surface area contributed by atoms with Crippen molar-refractivity contribution in [1.29, 1.82) is 0 Å². The lowest BCUT2D eigenvalue weighted by atomic mass is 10.2. The maximum absolute atomic E-state index is 2.39. The summed E-state index contributed by atoms with van der Waals surface area (Å²) in [5, 5.41) is 0. The van der Waals surface area contributed by atoms with Gasteiger partial charge in [-0.25, -0.2) is 0 Å². The van der Waals surface area contributed by atoms with Gasteiger partial charge in [0.05, 0.1) is 0 Å². The fraction of sp³-hybridized carbons (Fsp3) is 1.00. The highest BCUT2D eigenvalue weighted by molar-refractivity contribution is 4.63. The molecule has 0 N–H and O–H groups in total. The first-order valence-corrected chi connectivity index (χ1v) is 3.81. The van der Waals surface area contributed by atoms with Crippen LogP contribution in [0, 0.1) is 0 Å². The fourth-order valence-electron chi connectivity index (χ4n) is 0.797. The Bertz CT molecular complexity index is 69.0. The van der Waals surface area contributed by atoms with Gasteiger partial charge >= 0.3 is 0 Å². The summed E-state index contributed by atoms with van der Waals surface area (Å²) < 4.78 is 0. The monoisotopic (exact) mass is 129 g/mol. The Balaban J connectivity index is 3.58. The van der Waals surface area contributed by atoms with Gasteiger partial charge in [0.15, 0.2) is 0 Å². The summed E-state index contributed by atoms with van der Waals surface area (Å²) in [6.45, 7) is 8.95. The van der Waals surface area contributed by atoms with Gasteiger partial charge in [0.25, 0.3) is 0 Å². The van der Waals surface area contributed by atoms with E-state index in [1.54, 1.807) is 0 Å². The van der Waals surface area contributed by atoms with Crippen LogP contribution in [0.1, 0.15) is 34.1 Å². The van der Waals surface area contributed by atoms with Gasteiger partial charge in [0.1, 0.15) is 0 Å². The van der Waals surface area contributed by atoms with Crippen LogP contribution in [0.15, 0.2) is 0 Å². The van der Waals surface area contributed by atoms with E-state index in [1.807, 2.05) is 0 Å². The van der Waals surface area contributed by atoms with Gasteiger partial charge in [-0.2, -0.15) is 0 Å². The molecule has 0 saturated carbocycles. The molecule has 1 heteroatoms. The third-order valence-electron chi connectivity index (χ3n) is 2.10. The summed E-state index contributed by atoms with van der Waals surface area (Å²) in [6.07, 6.45) is 1.24. The summed E-state index contributed by atoms with van der Waals surface area (Å²) in [6, 6.07) is 1.41. The number of rotatable bonds is 3. The minimum Gasteiger partial charge on any atom is -0.301 e. The van der Waals surface area contributed by atoms with E-state index in [-0.39, 0.29) is 0 Å². The molecule has 9 heavy (non-hydrogen) atoms. The Kier molecular flexibility index (Phi) is 3.87. The lowest BCUT2D eigenvalue weighted by Gasteiger charge is -2.27. The third kappa shape index (κ3) is 2.85. The van der Waals surface area contributed by atoms with Gasteiger partial charge in [-0.1, -0.05) is 6.92 Å². The van der Waals surface area contributed by atoms with E-state index in [0.29, 0.717) is 6.04 Å². The van der Waals surface area contributed by atoms with E-state index in [9.17, 15) is 0 Å². The summed E-state index contributed by atoms with van der Waals surface area (Å²) in [5.74, 6) is 0.